The lowest BCUT2D eigenvalue weighted by Gasteiger charge is -2.35. The Kier molecular flexibility index (Phi) is 6.96. The predicted octanol–water partition coefficient (Wildman–Crippen LogP) is 1.53. The smallest absolute Gasteiger partial charge is 0.257 e. The molecule has 2 heterocycles. The number of nitrogens with one attached hydrogen (secondary N) is 2. The maximum Gasteiger partial charge on any atom is 0.257 e. The van der Waals surface area contributed by atoms with Crippen molar-refractivity contribution in [3.63, 3.8) is 0 Å². The van der Waals surface area contributed by atoms with Crippen molar-refractivity contribution in [3.05, 3.63) is 42.2 Å². The normalized spacial score (nSPS) is 19.1. The Morgan fingerprint density at radius 2 is 1.87 bits per heavy atom. The summed E-state index contributed by atoms with van der Waals surface area (Å²) in [4.78, 5) is 27.0. The van der Waals surface area contributed by atoms with Gasteiger partial charge in [0.1, 0.15) is 6.54 Å². The van der Waals surface area contributed by atoms with E-state index in [2.05, 4.69) is 15.1 Å². The molecule has 0 radical (unpaired) electrons. The van der Waals surface area contributed by atoms with Gasteiger partial charge in [0.05, 0.1) is 41.1 Å². The predicted molar refractivity (Wildman–Crippen MR) is 116 cm³/mol. The third-order valence-electron chi connectivity index (χ3n) is 4.78. The minimum absolute atomic E-state index is 0.0228. The van der Waals surface area contributed by atoms with Crippen LogP contribution in [-0.4, -0.2) is 66.0 Å². The molecule has 2 atom stereocenters. The van der Waals surface area contributed by atoms with E-state index in [9.17, 15) is 18.0 Å². The lowest BCUT2D eigenvalue weighted by Crippen LogP contribution is -2.49. The van der Waals surface area contributed by atoms with Crippen molar-refractivity contribution in [1.82, 2.24) is 14.7 Å². The number of amides is 2. The standard InChI is InChI=1S/C20H27N5O5S/c1-4-31(28,29)23-18-8-6-5-7-17(18)20(27)22-16-9-21-25(12-16)13-19(26)24-10-14(2)30-15(3)11-24/h5-9,12,14-15,23H,4,10-11,13H2,1-3H3,(H,22,27)/t14-,15-/m1/s1. The van der Waals surface area contributed by atoms with Crippen LogP contribution in [0, 0.1) is 0 Å². The molecule has 1 fully saturated rings. The third-order valence-corrected chi connectivity index (χ3v) is 6.07. The van der Waals surface area contributed by atoms with Gasteiger partial charge in [-0.05, 0) is 32.9 Å². The maximum atomic E-state index is 12.7. The highest BCUT2D eigenvalue weighted by Gasteiger charge is 2.26. The largest absolute Gasteiger partial charge is 0.372 e. The lowest BCUT2D eigenvalue weighted by atomic mass is 10.1. The van der Waals surface area contributed by atoms with Gasteiger partial charge in [0, 0.05) is 19.3 Å². The number of carbonyl (C=O) groups is 2. The molecule has 1 aromatic carbocycles. The number of morpholine rings is 1. The van der Waals surface area contributed by atoms with Crippen LogP contribution < -0.4 is 10.0 Å². The minimum Gasteiger partial charge on any atom is -0.372 e. The molecule has 0 spiro atoms. The van der Waals surface area contributed by atoms with E-state index in [1.54, 1.807) is 23.2 Å². The maximum absolute atomic E-state index is 12.7. The van der Waals surface area contributed by atoms with Crippen LogP contribution in [0.2, 0.25) is 0 Å². The van der Waals surface area contributed by atoms with Crippen LogP contribution in [0.3, 0.4) is 0 Å². The molecule has 2 N–H and O–H groups in total. The van der Waals surface area contributed by atoms with Gasteiger partial charge in [-0.1, -0.05) is 12.1 Å². The number of sulfonamides is 1. The molecule has 1 aliphatic heterocycles. The first-order valence-corrected chi connectivity index (χ1v) is 11.7. The number of anilines is 2. The molecular formula is C20H27N5O5S. The zero-order valence-electron chi connectivity index (χ0n) is 17.7. The summed E-state index contributed by atoms with van der Waals surface area (Å²) in [6.07, 6.45) is 2.95. The quantitative estimate of drug-likeness (QED) is 0.661. The van der Waals surface area contributed by atoms with Gasteiger partial charge in [-0.3, -0.25) is 19.0 Å². The second-order valence-electron chi connectivity index (χ2n) is 7.49. The second-order valence-corrected chi connectivity index (χ2v) is 9.50. The van der Waals surface area contributed by atoms with Gasteiger partial charge < -0.3 is 15.0 Å². The lowest BCUT2D eigenvalue weighted by molar-refractivity contribution is -0.144. The summed E-state index contributed by atoms with van der Waals surface area (Å²) in [5, 5.41) is 6.83. The van der Waals surface area contributed by atoms with Gasteiger partial charge in [-0.15, -0.1) is 0 Å². The molecule has 31 heavy (non-hydrogen) atoms. The zero-order chi connectivity index (χ0) is 22.6. The average molecular weight is 450 g/mol. The molecule has 0 aliphatic carbocycles. The molecule has 2 amide bonds. The van der Waals surface area contributed by atoms with E-state index in [1.807, 2.05) is 13.8 Å². The highest BCUT2D eigenvalue weighted by atomic mass is 32.2. The summed E-state index contributed by atoms with van der Waals surface area (Å²) < 4.78 is 33.3. The van der Waals surface area contributed by atoms with E-state index in [-0.39, 0.29) is 41.7 Å². The van der Waals surface area contributed by atoms with Crippen LogP contribution in [0.25, 0.3) is 0 Å². The monoisotopic (exact) mass is 449 g/mol. The van der Waals surface area contributed by atoms with Crippen LogP contribution in [0.15, 0.2) is 36.7 Å². The first-order chi connectivity index (χ1) is 14.7. The highest BCUT2D eigenvalue weighted by Crippen LogP contribution is 2.19. The molecule has 0 unspecified atom stereocenters. The first kappa shape index (κ1) is 22.8. The molecule has 1 saturated heterocycles. The van der Waals surface area contributed by atoms with E-state index >= 15 is 0 Å². The van der Waals surface area contributed by atoms with Crippen molar-refractivity contribution >= 4 is 33.2 Å². The van der Waals surface area contributed by atoms with Gasteiger partial charge in [0.15, 0.2) is 0 Å². The van der Waals surface area contributed by atoms with E-state index < -0.39 is 15.9 Å². The molecule has 3 rings (SSSR count). The Bertz CT molecular complexity index is 1040. The van der Waals surface area contributed by atoms with Gasteiger partial charge in [0.25, 0.3) is 5.91 Å². The van der Waals surface area contributed by atoms with Gasteiger partial charge in [0.2, 0.25) is 15.9 Å². The zero-order valence-corrected chi connectivity index (χ0v) is 18.6. The number of carbonyl (C=O) groups excluding carboxylic acids is 2. The van der Waals surface area contributed by atoms with Crippen LogP contribution in [-0.2, 0) is 26.1 Å². The van der Waals surface area contributed by atoms with Crippen molar-refractivity contribution < 1.29 is 22.7 Å². The fourth-order valence-electron chi connectivity index (χ4n) is 3.34. The molecule has 11 heteroatoms. The number of para-hydroxylation sites is 1. The Morgan fingerprint density at radius 1 is 1.19 bits per heavy atom. The van der Waals surface area contributed by atoms with Crippen molar-refractivity contribution in [2.45, 2.75) is 39.5 Å². The van der Waals surface area contributed by atoms with Crippen molar-refractivity contribution in [2.24, 2.45) is 0 Å². The van der Waals surface area contributed by atoms with Gasteiger partial charge in [-0.25, -0.2) is 8.42 Å². The van der Waals surface area contributed by atoms with Crippen LogP contribution >= 0.6 is 0 Å². The van der Waals surface area contributed by atoms with E-state index in [0.29, 0.717) is 18.8 Å². The average Bonchev–Trinajstić information content (AvgIpc) is 3.14. The highest BCUT2D eigenvalue weighted by molar-refractivity contribution is 7.92. The number of aromatic nitrogens is 2. The summed E-state index contributed by atoms with van der Waals surface area (Å²) in [5.74, 6) is -0.678. The summed E-state index contributed by atoms with van der Waals surface area (Å²) in [5.41, 5.74) is 0.772. The fourth-order valence-corrected chi connectivity index (χ4v) is 4.00. The Hall–Kier alpha value is -2.92. The number of benzene rings is 1. The molecule has 0 bridgehead atoms. The molecule has 10 nitrogen and oxygen atoms in total. The SMILES string of the molecule is CCS(=O)(=O)Nc1ccccc1C(=O)Nc1cnn(CC(=O)N2C[C@@H](C)O[C@H](C)C2)c1. The van der Waals surface area contributed by atoms with E-state index in [0.717, 1.165) is 0 Å². The third kappa shape index (κ3) is 6.05. The fraction of sp³-hybridized carbons (Fsp3) is 0.450. The Labute approximate surface area is 181 Å². The molecular weight excluding hydrogens is 422 g/mol. The topological polar surface area (TPSA) is 123 Å². The molecule has 1 aliphatic rings. The Morgan fingerprint density at radius 3 is 2.55 bits per heavy atom. The summed E-state index contributed by atoms with van der Waals surface area (Å²) >= 11 is 0. The van der Waals surface area contributed by atoms with E-state index in [1.165, 1.54) is 29.9 Å². The molecule has 2 aromatic rings. The van der Waals surface area contributed by atoms with Crippen LogP contribution in [0.4, 0.5) is 11.4 Å². The van der Waals surface area contributed by atoms with Crippen LogP contribution in [0.5, 0.6) is 0 Å². The van der Waals surface area contributed by atoms with Crippen LogP contribution in [0.1, 0.15) is 31.1 Å². The molecule has 168 valence electrons. The van der Waals surface area contributed by atoms with Gasteiger partial charge in [-0.2, -0.15) is 5.10 Å². The first-order valence-electron chi connectivity index (χ1n) is 10.0. The second kappa shape index (κ2) is 9.48. The number of ether oxygens (including phenoxy) is 1. The summed E-state index contributed by atoms with van der Waals surface area (Å²) in [6.45, 7) is 6.46. The van der Waals surface area contributed by atoms with E-state index in [4.69, 9.17) is 4.74 Å². The minimum atomic E-state index is -3.53. The molecule has 0 saturated carbocycles. The number of rotatable bonds is 7. The summed E-state index contributed by atoms with van der Waals surface area (Å²) in [7, 11) is -3.53. The summed E-state index contributed by atoms with van der Waals surface area (Å²) in [6, 6.07) is 6.33. The van der Waals surface area contributed by atoms with Gasteiger partial charge >= 0.3 is 0 Å². The van der Waals surface area contributed by atoms with Crippen molar-refractivity contribution in [3.8, 4) is 0 Å². The Balaban J connectivity index is 1.65. The number of nitrogens with zero attached hydrogens (tertiary/aromatic N) is 3. The van der Waals surface area contributed by atoms with Crippen molar-refractivity contribution in [2.75, 3.05) is 28.9 Å². The van der Waals surface area contributed by atoms with Crippen molar-refractivity contribution in [1.29, 1.82) is 0 Å². The molecule has 1 aromatic heterocycles. The number of hydrogen-bond donors (Lipinski definition) is 2. The number of hydrogen-bond acceptors (Lipinski definition) is 6.